The standard InChI is InChI=1S/C16H17N5O2S/c1-22-13-5-3-4-12(14(13)23-2)10-18-21-15(19-20-16(21)24)11-6-8-17-9-7-11/h3-9,18H,10H2,1-2H3,(H,20,24). The van der Waals surface area contributed by atoms with Crippen molar-refractivity contribution < 1.29 is 9.47 Å². The summed E-state index contributed by atoms with van der Waals surface area (Å²) in [7, 11) is 3.23. The largest absolute Gasteiger partial charge is 0.493 e. The van der Waals surface area contributed by atoms with Gasteiger partial charge in [0.25, 0.3) is 0 Å². The number of rotatable bonds is 6. The van der Waals surface area contributed by atoms with Crippen LogP contribution < -0.4 is 14.9 Å². The number of H-pyrrole nitrogens is 1. The predicted molar refractivity (Wildman–Crippen MR) is 93.3 cm³/mol. The molecule has 2 heterocycles. The summed E-state index contributed by atoms with van der Waals surface area (Å²) >= 11 is 5.31. The maximum absolute atomic E-state index is 5.45. The highest BCUT2D eigenvalue weighted by molar-refractivity contribution is 7.71. The summed E-state index contributed by atoms with van der Waals surface area (Å²) in [6.07, 6.45) is 3.42. The molecule has 7 nitrogen and oxygen atoms in total. The molecule has 0 radical (unpaired) electrons. The average molecular weight is 343 g/mol. The molecule has 0 atom stereocenters. The third-order valence-corrected chi connectivity index (χ3v) is 3.80. The normalized spacial score (nSPS) is 10.4. The average Bonchev–Trinajstić information content (AvgIpc) is 3.00. The van der Waals surface area contributed by atoms with Crippen molar-refractivity contribution in [1.82, 2.24) is 19.9 Å². The summed E-state index contributed by atoms with van der Waals surface area (Å²) in [6.45, 7) is 0.492. The van der Waals surface area contributed by atoms with E-state index in [0.717, 1.165) is 11.1 Å². The van der Waals surface area contributed by atoms with Crippen LogP contribution in [0, 0.1) is 4.77 Å². The van der Waals surface area contributed by atoms with Gasteiger partial charge in [0.1, 0.15) is 0 Å². The molecule has 0 spiro atoms. The Kier molecular flexibility index (Phi) is 4.76. The summed E-state index contributed by atoms with van der Waals surface area (Å²) in [5.41, 5.74) is 5.12. The van der Waals surface area contributed by atoms with Crippen LogP contribution in [0.25, 0.3) is 11.4 Å². The third kappa shape index (κ3) is 3.09. The smallest absolute Gasteiger partial charge is 0.214 e. The van der Waals surface area contributed by atoms with E-state index in [1.807, 2.05) is 30.3 Å². The Balaban J connectivity index is 1.89. The van der Waals surface area contributed by atoms with Gasteiger partial charge in [-0.3, -0.25) is 4.98 Å². The number of aromatic amines is 1. The quantitative estimate of drug-likeness (QED) is 0.670. The van der Waals surface area contributed by atoms with Gasteiger partial charge in [-0.05, 0) is 30.4 Å². The summed E-state index contributed by atoms with van der Waals surface area (Å²) in [6, 6.07) is 9.47. The summed E-state index contributed by atoms with van der Waals surface area (Å²) in [5, 5.41) is 7.07. The topological polar surface area (TPSA) is 77.0 Å². The zero-order valence-corrected chi connectivity index (χ0v) is 14.1. The van der Waals surface area contributed by atoms with Crippen LogP contribution in [-0.2, 0) is 6.54 Å². The van der Waals surface area contributed by atoms with E-state index in [2.05, 4.69) is 20.6 Å². The second-order valence-corrected chi connectivity index (χ2v) is 5.30. The highest BCUT2D eigenvalue weighted by atomic mass is 32.1. The number of nitrogens with one attached hydrogen (secondary N) is 2. The molecule has 8 heteroatoms. The van der Waals surface area contributed by atoms with Crippen LogP contribution in [0.3, 0.4) is 0 Å². The van der Waals surface area contributed by atoms with Gasteiger partial charge < -0.3 is 14.9 Å². The molecule has 0 saturated heterocycles. The van der Waals surface area contributed by atoms with E-state index in [0.29, 0.717) is 28.6 Å². The molecule has 0 unspecified atom stereocenters. The second kappa shape index (κ2) is 7.14. The van der Waals surface area contributed by atoms with E-state index in [4.69, 9.17) is 21.7 Å². The van der Waals surface area contributed by atoms with Crippen LogP contribution in [0.2, 0.25) is 0 Å². The first kappa shape index (κ1) is 16.0. The second-order valence-electron chi connectivity index (χ2n) is 4.91. The molecule has 3 rings (SSSR count). The number of pyridine rings is 1. The van der Waals surface area contributed by atoms with Crippen LogP contribution in [0.1, 0.15) is 5.56 Å². The van der Waals surface area contributed by atoms with Crippen LogP contribution in [0.15, 0.2) is 42.7 Å². The molecule has 1 aromatic carbocycles. The molecule has 0 bridgehead atoms. The van der Waals surface area contributed by atoms with Crippen LogP contribution in [-0.4, -0.2) is 34.1 Å². The first-order chi connectivity index (χ1) is 11.7. The molecule has 0 amide bonds. The van der Waals surface area contributed by atoms with Crippen molar-refractivity contribution in [2.75, 3.05) is 19.6 Å². The summed E-state index contributed by atoms with van der Waals surface area (Å²) in [5.74, 6) is 2.05. The SMILES string of the molecule is COc1cccc(CNn2c(-c3ccncc3)n[nH]c2=S)c1OC. The Morgan fingerprint density at radius 3 is 2.67 bits per heavy atom. The van der Waals surface area contributed by atoms with Crippen LogP contribution >= 0.6 is 12.2 Å². The van der Waals surface area contributed by atoms with Crippen molar-refractivity contribution in [3.63, 3.8) is 0 Å². The Labute approximate surface area is 144 Å². The predicted octanol–water partition coefficient (Wildman–Crippen LogP) is 2.76. The molecule has 124 valence electrons. The van der Waals surface area contributed by atoms with Gasteiger partial charge in [0.2, 0.25) is 4.77 Å². The van der Waals surface area contributed by atoms with Crippen molar-refractivity contribution >= 4 is 12.2 Å². The molecule has 0 aliphatic rings. The molecule has 3 aromatic rings. The zero-order valence-electron chi connectivity index (χ0n) is 13.3. The van der Waals surface area contributed by atoms with E-state index in [9.17, 15) is 0 Å². The van der Waals surface area contributed by atoms with Crippen molar-refractivity contribution in [2.45, 2.75) is 6.54 Å². The molecule has 2 N–H and O–H groups in total. The van der Waals surface area contributed by atoms with E-state index >= 15 is 0 Å². The lowest BCUT2D eigenvalue weighted by Crippen LogP contribution is -2.16. The van der Waals surface area contributed by atoms with Crippen molar-refractivity contribution in [2.24, 2.45) is 0 Å². The fourth-order valence-corrected chi connectivity index (χ4v) is 2.59. The maximum atomic E-state index is 5.45. The number of hydrogen-bond acceptors (Lipinski definition) is 6. The number of nitrogens with zero attached hydrogens (tertiary/aromatic N) is 3. The van der Waals surface area contributed by atoms with Gasteiger partial charge in [-0.2, -0.15) is 5.10 Å². The Bertz CT molecular complexity index is 876. The van der Waals surface area contributed by atoms with Crippen LogP contribution in [0.4, 0.5) is 0 Å². The van der Waals surface area contributed by atoms with Gasteiger partial charge >= 0.3 is 0 Å². The molecule has 0 aliphatic carbocycles. The number of benzene rings is 1. The Morgan fingerprint density at radius 1 is 1.17 bits per heavy atom. The van der Waals surface area contributed by atoms with Gasteiger partial charge in [0, 0.05) is 23.5 Å². The van der Waals surface area contributed by atoms with Crippen molar-refractivity contribution in [3.05, 3.63) is 53.1 Å². The van der Waals surface area contributed by atoms with Gasteiger partial charge in [-0.15, -0.1) is 0 Å². The van der Waals surface area contributed by atoms with Crippen molar-refractivity contribution in [3.8, 4) is 22.9 Å². The lowest BCUT2D eigenvalue weighted by atomic mass is 10.2. The summed E-state index contributed by atoms with van der Waals surface area (Å²) < 4.78 is 13.0. The molecule has 24 heavy (non-hydrogen) atoms. The van der Waals surface area contributed by atoms with E-state index in [1.54, 1.807) is 31.3 Å². The minimum atomic E-state index is 0.476. The maximum Gasteiger partial charge on any atom is 0.214 e. The molecule has 0 fully saturated rings. The molecular weight excluding hydrogens is 326 g/mol. The minimum Gasteiger partial charge on any atom is -0.493 e. The Morgan fingerprint density at radius 2 is 1.96 bits per heavy atom. The number of aromatic nitrogens is 4. The third-order valence-electron chi connectivity index (χ3n) is 3.52. The van der Waals surface area contributed by atoms with Gasteiger partial charge in [-0.25, -0.2) is 9.77 Å². The zero-order chi connectivity index (χ0) is 16.9. The van der Waals surface area contributed by atoms with E-state index in [-0.39, 0.29) is 0 Å². The fourth-order valence-electron chi connectivity index (χ4n) is 2.40. The first-order valence-corrected chi connectivity index (χ1v) is 7.67. The molecule has 0 saturated carbocycles. The number of hydrogen-bond donors (Lipinski definition) is 2. The fraction of sp³-hybridized carbons (Fsp3) is 0.188. The van der Waals surface area contributed by atoms with Crippen molar-refractivity contribution in [1.29, 1.82) is 0 Å². The monoisotopic (exact) mass is 343 g/mol. The number of methoxy groups -OCH3 is 2. The molecule has 0 aliphatic heterocycles. The van der Waals surface area contributed by atoms with Gasteiger partial charge in [0.15, 0.2) is 17.3 Å². The lowest BCUT2D eigenvalue weighted by Gasteiger charge is -2.14. The highest BCUT2D eigenvalue weighted by Crippen LogP contribution is 2.30. The minimum absolute atomic E-state index is 0.476. The number of para-hydroxylation sites is 1. The molecule has 2 aromatic heterocycles. The van der Waals surface area contributed by atoms with E-state index < -0.39 is 0 Å². The molecular formula is C16H17N5O2S. The van der Waals surface area contributed by atoms with Gasteiger partial charge in [-0.1, -0.05) is 12.1 Å². The Hall–Kier alpha value is -2.87. The lowest BCUT2D eigenvalue weighted by molar-refractivity contribution is 0.352. The van der Waals surface area contributed by atoms with Crippen LogP contribution in [0.5, 0.6) is 11.5 Å². The highest BCUT2D eigenvalue weighted by Gasteiger charge is 2.12. The first-order valence-electron chi connectivity index (χ1n) is 7.26. The van der Waals surface area contributed by atoms with E-state index in [1.165, 1.54) is 0 Å². The van der Waals surface area contributed by atoms with Gasteiger partial charge in [0.05, 0.1) is 20.8 Å². The number of ether oxygens (including phenoxy) is 2. The summed E-state index contributed by atoms with van der Waals surface area (Å²) in [4.78, 5) is 4.02.